The number of nitrogens with zero attached hydrogens (tertiary/aromatic N) is 4. The van der Waals surface area contributed by atoms with E-state index in [1.807, 2.05) is 152 Å². The third kappa shape index (κ3) is 10.0. The summed E-state index contributed by atoms with van der Waals surface area (Å²) in [5.74, 6) is 5.01. The van der Waals surface area contributed by atoms with Gasteiger partial charge in [0, 0.05) is 65.0 Å². The summed E-state index contributed by atoms with van der Waals surface area (Å²) in [5, 5.41) is 7.23. The van der Waals surface area contributed by atoms with Crippen LogP contribution in [-0.2, 0) is 5.41 Å². The van der Waals surface area contributed by atoms with Crippen LogP contribution in [0.2, 0.25) is 0 Å². The zero-order chi connectivity index (χ0) is 62.2. The molecule has 2 radical (unpaired) electrons. The average Bonchev–Trinajstić information content (AvgIpc) is 1.56. The minimum Gasteiger partial charge on any atom is -0.457 e. The van der Waals surface area contributed by atoms with Crippen LogP contribution in [0.3, 0.4) is 0 Å². The number of anilines is 4. The quantitative estimate of drug-likeness (QED) is 0.126. The lowest BCUT2D eigenvalue weighted by atomic mass is 9.63. The highest BCUT2D eigenvalue weighted by atomic mass is 16.5. The van der Waals surface area contributed by atoms with Crippen molar-refractivity contribution in [1.29, 1.82) is 0 Å². The highest BCUT2D eigenvalue weighted by molar-refractivity contribution is 6.67. The number of benzene rings is 8. The van der Waals surface area contributed by atoms with Gasteiger partial charge in [-0.15, -0.1) is 12.0 Å². The Labute approximate surface area is 488 Å². The van der Waals surface area contributed by atoms with Crippen molar-refractivity contribution in [3.63, 3.8) is 0 Å². The molecule has 0 saturated heterocycles. The molecule has 0 amide bonds. The number of nitrogens with one attached hydrogen (secondary N) is 2. The molecular formula is C72H56B2N6O. The smallest absolute Gasteiger partial charge is 0.182 e. The number of pyridine rings is 1. The first-order valence-corrected chi connectivity index (χ1v) is 26.7. The van der Waals surface area contributed by atoms with Crippen LogP contribution in [0.1, 0.15) is 47.1 Å². The van der Waals surface area contributed by atoms with E-state index in [0.717, 1.165) is 55.8 Å². The largest absolute Gasteiger partial charge is 0.457 e. The second-order valence-corrected chi connectivity index (χ2v) is 19.6. The first-order chi connectivity index (χ1) is 43.8. The van der Waals surface area contributed by atoms with Crippen molar-refractivity contribution < 1.29 is 17.1 Å². The third-order valence-electron chi connectivity index (χ3n) is 14.8. The molecule has 5 heterocycles. The molecule has 0 fully saturated rings. The normalized spacial score (nSPS) is 19.3. The van der Waals surface area contributed by atoms with E-state index in [2.05, 4.69) is 103 Å². The minimum absolute atomic E-state index is 0.0135. The predicted molar refractivity (Wildman–Crippen MR) is 340 cm³/mol. The Kier molecular flexibility index (Phi) is 11.4. The van der Waals surface area contributed by atoms with E-state index in [9.17, 15) is 5.48 Å². The standard InChI is InChI=1S/C72H56B2N6O/c1-72(54-24-7-3-8-25-54,55-26-9-4-10-27-55)56-38-45-77-70(48-56)80-66-33-12-11-28-60(66)61-37-36-58(50-69(61)80)81-59-47-53(52-22-5-2-6-23-52)46-57(49-59)78-51-79(68-35-14-13-34-67(68)78)71-62(64-31-20-43-75-41-17-15-39-73-64)29-19-30-63(71)65-32-21-44-76-42-18-16-40-74-65/h2-50,75-76H,51H2,1H3/b39-15-,40-16-,41-17-,42-18-,43-20-,44-21-,64-31-,65-32-/i2D,5D,6D,11D,12D,22D,23D,28D,33D. The number of allylic oxidation sites excluding steroid dienone is 8. The number of rotatable bonds is 11. The highest BCUT2D eigenvalue weighted by Gasteiger charge is 2.34. The lowest BCUT2D eigenvalue weighted by molar-refractivity contribution is 0.483. The van der Waals surface area contributed by atoms with Crippen LogP contribution in [0.4, 0.5) is 22.7 Å². The zero-order valence-electron chi connectivity index (χ0n) is 53.2. The van der Waals surface area contributed by atoms with Gasteiger partial charge in [0.15, 0.2) is 14.6 Å². The van der Waals surface area contributed by atoms with Crippen molar-refractivity contribution in [2.45, 2.75) is 12.3 Å². The molecule has 0 unspecified atom stereocenters. The Morgan fingerprint density at radius 3 is 1.84 bits per heavy atom. The average molecular weight is 1050 g/mol. The molecule has 9 heteroatoms. The van der Waals surface area contributed by atoms with Gasteiger partial charge in [0.2, 0.25) is 0 Å². The summed E-state index contributed by atoms with van der Waals surface area (Å²) in [6, 6.07) is 46.0. The molecule has 0 spiro atoms. The SMILES string of the molecule is [2H]c1c([2H])c([2H])c(-c2cc(Oc3ccc4c5c([2H])c([2H])c([2H])c([2H])c5n(-c5cc(C(C)(c6ccccc6)c6ccccc6)ccn5)c4c3)cc(N3CN(c4c(/C5=C/C=C\N/C=C\C=C/[B]5)cccc4/C4=C/C=C\N/C=C\C=C/[B]4)c4ccccc43)c2)c([2H])c1[2H]. The van der Waals surface area contributed by atoms with E-state index in [1.165, 1.54) is 0 Å². The van der Waals surface area contributed by atoms with Crippen molar-refractivity contribution in [2.75, 3.05) is 16.5 Å². The molecule has 386 valence electrons. The van der Waals surface area contributed by atoms with Gasteiger partial charge in [-0.3, -0.25) is 4.57 Å². The number of ether oxygens (including phenoxy) is 1. The summed E-state index contributed by atoms with van der Waals surface area (Å²) in [7, 11) is 4.18. The highest BCUT2D eigenvalue weighted by Crippen LogP contribution is 2.50. The van der Waals surface area contributed by atoms with Gasteiger partial charge in [-0.25, -0.2) is 4.98 Å². The zero-order valence-corrected chi connectivity index (χ0v) is 44.2. The number of aromatic nitrogens is 2. The lowest BCUT2D eigenvalue weighted by Crippen LogP contribution is -2.26. The second-order valence-electron chi connectivity index (χ2n) is 19.6. The van der Waals surface area contributed by atoms with Crippen molar-refractivity contribution in [3.8, 4) is 28.4 Å². The van der Waals surface area contributed by atoms with Crippen molar-refractivity contribution in [3.05, 3.63) is 325 Å². The van der Waals surface area contributed by atoms with Gasteiger partial charge in [-0.2, -0.15) is 0 Å². The van der Waals surface area contributed by atoms with E-state index >= 15 is 0 Å². The van der Waals surface area contributed by atoms with E-state index in [4.69, 9.17) is 16.6 Å². The molecule has 0 saturated carbocycles. The first-order valence-electron chi connectivity index (χ1n) is 31.2. The summed E-state index contributed by atoms with van der Waals surface area (Å²) < 4.78 is 90.1. The van der Waals surface area contributed by atoms with E-state index in [0.29, 0.717) is 39.1 Å². The van der Waals surface area contributed by atoms with Crippen LogP contribution in [0.25, 0.3) is 49.7 Å². The second kappa shape index (κ2) is 22.6. The van der Waals surface area contributed by atoms with Crippen LogP contribution in [0.5, 0.6) is 11.5 Å². The predicted octanol–water partition coefficient (Wildman–Crippen LogP) is 16.6. The van der Waals surface area contributed by atoms with Crippen molar-refractivity contribution >= 4 is 70.1 Å². The number of hydrogen-bond acceptors (Lipinski definition) is 6. The summed E-state index contributed by atoms with van der Waals surface area (Å²) in [6.07, 6.45) is 25.1. The summed E-state index contributed by atoms with van der Waals surface area (Å²) in [5.41, 5.74) is 10.3. The molecule has 13 rings (SSSR count). The molecule has 81 heavy (non-hydrogen) atoms. The number of hydrogen-bond donors (Lipinski definition) is 2. The molecule has 8 aromatic carbocycles. The molecule has 3 aliphatic rings. The fraction of sp³-hybridized carbons (Fsp3) is 0.0417. The number of fused-ring (bicyclic) bond motifs is 4. The van der Waals surface area contributed by atoms with Crippen molar-refractivity contribution in [2.24, 2.45) is 0 Å². The van der Waals surface area contributed by atoms with Gasteiger partial charge >= 0.3 is 0 Å². The Morgan fingerprint density at radius 1 is 0.519 bits per heavy atom. The summed E-state index contributed by atoms with van der Waals surface area (Å²) >= 11 is 0. The molecule has 0 atom stereocenters. The van der Waals surface area contributed by atoms with Crippen molar-refractivity contribution in [1.82, 2.24) is 20.2 Å². The van der Waals surface area contributed by atoms with Crippen LogP contribution >= 0.6 is 0 Å². The first kappa shape index (κ1) is 40.9. The lowest BCUT2D eigenvalue weighted by Gasteiger charge is -2.32. The van der Waals surface area contributed by atoms with Crippen LogP contribution in [0.15, 0.2) is 298 Å². The maximum atomic E-state index is 9.45. The Balaban J connectivity index is 0.989. The Hall–Kier alpha value is -10.2. The van der Waals surface area contributed by atoms with E-state index in [1.54, 1.807) is 35.0 Å². The topological polar surface area (TPSA) is 57.6 Å². The van der Waals surface area contributed by atoms with Gasteiger partial charge in [0.25, 0.3) is 0 Å². The van der Waals surface area contributed by atoms with Crippen LogP contribution < -0.4 is 25.2 Å². The fourth-order valence-electron chi connectivity index (χ4n) is 11.0. The van der Waals surface area contributed by atoms with Crippen LogP contribution in [-0.4, -0.2) is 30.8 Å². The van der Waals surface area contributed by atoms with Gasteiger partial charge in [0.1, 0.15) is 24.0 Å². The molecule has 2 N–H and O–H groups in total. The number of para-hydroxylation sites is 4. The van der Waals surface area contributed by atoms with Gasteiger partial charge in [-0.1, -0.05) is 175 Å². The summed E-state index contributed by atoms with van der Waals surface area (Å²) in [4.78, 5) is 9.35. The molecule has 0 bridgehead atoms. The van der Waals surface area contributed by atoms with Gasteiger partial charge in [-0.05, 0) is 125 Å². The fourth-order valence-corrected chi connectivity index (χ4v) is 11.0. The Morgan fingerprint density at radius 2 is 1.15 bits per heavy atom. The molecule has 2 aromatic heterocycles. The molecule has 7 nitrogen and oxygen atoms in total. The summed E-state index contributed by atoms with van der Waals surface area (Å²) in [6.45, 7) is 2.42. The van der Waals surface area contributed by atoms with Gasteiger partial charge in [0.05, 0.1) is 40.4 Å². The molecule has 0 aliphatic carbocycles. The molecular weight excluding hydrogens is 986 g/mol. The van der Waals surface area contributed by atoms with Gasteiger partial charge < -0.3 is 25.2 Å². The Bertz CT molecular complexity index is 4630. The van der Waals surface area contributed by atoms with Crippen LogP contribution in [0, 0.1) is 0 Å². The molecule has 3 aliphatic heterocycles. The maximum absolute atomic E-state index is 9.45. The monoisotopic (exact) mass is 1050 g/mol. The van der Waals surface area contributed by atoms with E-state index in [-0.39, 0.29) is 53.7 Å². The third-order valence-corrected chi connectivity index (χ3v) is 14.8. The molecule has 10 aromatic rings. The minimum atomic E-state index is -0.683. The maximum Gasteiger partial charge on any atom is 0.182 e. The van der Waals surface area contributed by atoms with E-state index < -0.39 is 29.6 Å².